The molecule has 1 aromatic carbocycles. The molecule has 1 fully saturated rings. The van der Waals surface area contributed by atoms with Gasteiger partial charge in [0.25, 0.3) is 5.89 Å². The molecule has 100 valence electrons. The molecule has 2 aromatic rings. The second kappa shape index (κ2) is 5.40. The summed E-state index contributed by atoms with van der Waals surface area (Å²) in [7, 11) is 1.64. The van der Waals surface area contributed by atoms with Crippen molar-refractivity contribution in [3.05, 3.63) is 30.1 Å². The van der Waals surface area contributed by atoms with Crippen molar-refractivity contribution in [1.29, 1.82) is 0 Å². The van der Waals surface area contributed by atoms with Gasteiger partial charge in [-0.1, -0.05) is 11.2 Å². The second-order valence-electron chi connectivity index (χ2n) is 4.73. The fourth-order valence-electron chi connectivity index (χ4n) is 2.35. The van der Waals surface area contributed by atoms with Crippen LogP contribution in [-0.2, 0) is 0 Å². The molecular formula is C14H17N3O2. The highest BCUT2D eigenvalue weighted by atomic mass is 16.5. The minimum atomic E-state index is 0.358. The Labute approximate surface area is 112 Å². The van der Waals surface area contributed by atoms with Crippen LogP contribution in [0.25, 0.3) is 11.5 Å². The first-order chi connectivity index (χ1) is 9.36. The van der Waals surface area contributed by atoms with E-state index < -0.39 is 0 Å². The predicted molar refractivity (Wildman–Crippen MR) is 71.1 cm³/mol. The molecule has 1 aliphatic rings. The van der Waals surface area contributed by atoms with Crippen LogP contribution in [0.3, 0.4) is 0 Å². The maximum atomic E-state index is 5.36. The molecule has 5 nitrogen and oxygen atoms in total. The van der Waals surface area contributed by atoms with Crippen LogP contribution in [0.2, 0.25) is 0 Å². The van der Waals surface area contributed by atoms with Gasteiger partial charge in [-0.25, -0.2) is 0 Å². The van der Waals surface area contributed by atoms with Crippen LogP contribution >= 0.6 is 0 Å². The molecule has 1 saturated heterocycles. The van der Waals surface area contributed by atoms with E-state index in [1.807, 2.05) is 24.3 Å². The zero-order valence-electron chi connectivity index (χ0n) is 10.9. The third-order valence-electron chi connectivity index (χ3n) is 3.42. The van der Waals surface area contributed by atoms with Crippen LogP contribution < -0.4 is 10.1 Å². The number of benzene rings is 1. The highest BCUT2D eigenvalue weighted by Gasteiger charge is 2.21. The van der Waals surface area contributed by atoms with Crippen molar-refractivity contribution in [2.45, 2.75) is 18.8 Å². The fourth-order valence-corrected chi connectivity index (χ4v) is 2.35. The van der Waals surface area contributed by atoms with E-state index in [2.05, 4.69) is 15.5 Å². The molecule has 3 rings (SSSR count). The topological polar surface area (TPSA) is 60.2 Å². The van der Waals surface area contributed by atoms with E-state index in [4.69, 9.17) is 9.26 Å². The van der Waals surface area contributed by atoms with Crippen molar-refractivity contribution in [2.24, 2.45) is 0 Å². The minimum Gasteiger partial charge on any atom is -0.497 e. The van der Waals surface area contributed by atoms with E-state index in [9.17, 15) is 0 Å². The van der Waals surface area contributed by atoms with Crippen molar-refractivity contribution in [1.82, 2.24) is 15.5 Å². The van der Waals surface area contributed by atoms with Gasteiger partial charge in [0, 0.05) is 18.0 Å². The number of hydrogen-bond acceptors (Lipinski definition) is 5. The number of hydrogen-bond donors (Lipinski definition) is 1. The highest BCUT2D eigenvalue weighted by Crippen LogP contribution is 2.26. The highest BCUT2D eigenvalue weighted by molar-refractivity contribution is 5.55. The summed E-state index contributed by atoms with van der Waals surface area (Å²) in [6.07, 6.45) is 2.28. The van der Waals surface area contributed by atoms with Crippen LogP contribution in [0.5, 0.6) is 5.75 Å². The van der Waals surface area contributed by atoms with E-state index >= 15 is 0 Å². The van der Waals surface area contributed by atoms with Gasteiger partial charge in [0.05, 0.1) is 7.11 Å². The number of methoxy groups -OCH3 is 1. The van der Waals surface area contributed by atoms with E-state index in [0.717, 1.165) is 43.1 Å². The summed E-state index contributed by atoms with van der Waals surface area (Å²) < 4.78 is 10.6. The Balaban J connectivity index is 1.83. The summed E-state index contributed by atoms with van der Waals surface area (Å²) in [5.41, 5.74) is 0.891. The van der Waals surface area contributed by atoms with Gasteiger partial charge < -0.3 is 14.6 Å². The third kappa shape index (κ3) is 2.61. The molecule has 2 heterocycles. The molecule has 19 heavy (non-hydrogen) atoms. The van der Waals surface area contributed by atoms with Gasteiger partial charge in [-0.05, 0) is 37.6 Å². The van der Waals surface area contributed by atoms with Crippen LogP contribution in [-0.4, -0.2) is 30.3 Å². The van der Waals surface area contributed by atoms with Gasteiger partial charge in [0.2, 0.25) is 0 Å². The Morgan fingerprint density at radius 3 is 3.16 bits per heavy atom. The number of nitrogens with one attached hydrogen (secondary N) is 1. The molecule has 1 atom stereocenters. The van der Waals surface area contributed by atoms with Gasteiger partial charge >= 0.3 is 0 Å². The van der Waals surface area contributed by atoms with Gasteiger partial charge in [-0.2, -0.15) is 4.98 Å². The summed E-state index contributed by atoms with van der Waals surface area (Å²) >= 11 is 0. The van der Waals surface area contributed by atoms with Gasteiger partial charge in [-0.3, -0.25) is 0 Å². The minimum absolute atomic E-state index is 0.358. The Morgan fingerprint density at radius 2 is 2.37 bits per heavy atom. The lowest BCUT2D eigenvalue weighted by Gasteiger charge is -2.19. The van der Waals surface area contributed by atoms with Gasteiger partial charge in [0.15, 0.2) is 5.82 Å². The Bertz CT molecular complexity index is 547. The summed E-state index contributed by atoms with van der Waals surface area (Å²) in [4.78, 5) is 4.51. The molecule has 0 aliphatic carbocycles. The number of nitrogens with zero attached hydrogens (tertiary/aromatic N) is 2. The summed E-state index contributed by atoms with van der Waals surface area (Å²) in [6, 6.07) is 7.65. The van der Waals surface area contributed by atoms with Crippen LogP contribution in [0.1, 0.15) is 24.6 Å². The average molecular weight is 259 g/mol. The fraction of sp³-hybridized carbons (Fsp3) is 0.429. The molecule has 1 aliphatic heterocycles. The number of aromatic nitrogens is 2. The summed E-state index contributed by atoms with van der Waals surface area (Å²) in [6.45, 7) is 2.01. The number of ether oxygens (including phenoxy) is 1. The zero-order valence-corrected chi connectivity index (χ0v) is 10.9. The summed E-state index contributed by atoms with van der Waals surface area (Å²) in [5, 5.41) is 7.46. The third-order valence-corrected chi connectivity index (χ3v) is 3.42. The van der Waals surface area contributed by atoms with E-state index in [1.54, 1.807) is 7.11 Å². The SMILES string of the molecule is COc1cccc(-c2nc([C@@H]3CCCNC3)no2)c1. The maximum Gasteiger partial charge on any atom is 0.258 e. The van der Waals surface area contributed by atoms with E-state index in [-0.39, 0.29) is 0 Å². The van der Waals surface area contributed by atoms with Crippen LogP contribution in [0.15, 0.2) is 28.8 Å². The molecule has 0 spiro atoms. The lowest BCUT2D eigenvalue weighted by atomic mass is 9.99. The molecule has 0 radical (unpaired) electrons. The number of piperidine rings is 1. The Morgan fingerprint density at radius 1 is 1.42 bits per heavy atom. The van der Waals surface area contributed by atoms with Crippen molar-refractivity contribution < 1.29 is 9.26 Å². The largest absolute Gasteiger partial charge is 0.497 e. The smallest absolute Gasteiger partial charge is 0.258 e. The lowest BCUT2D eigenvalue weighted by molar-refractivity contribution is 0.392. The molecule has 0 bridgehead atoms. The zero-order chi connectivity index (χ0) is 13.1. The van der Waals surface area contributed by atoms with Crippen molar-refractivity contribution in [3.8, 4) is 17.2 Å². The molecule has 1 N–H and O–H groups in total. The molecular weight excluding hydrogens is 242 g/mol. The lowest BCUT2D eigenvalue weighted by Crippen LogP contribution is -2.28. The number of rotatable bonds is 3. The summed E-state index contributed by atoms with van der Waals surface area (Å²) in [5.74, 6) is 2.50. The second-order valence-corrected chi connectivity index (χ2v) is 4.73. The first-order valence-electron chi connectivity index (χ1n) is 6.55. The normalized spacial score (nSPS) is 19.3. The Kier molecular flexibility index (Phi) is 3.46. The van der Waals surface area contributed by atoms with Crippen LogP contribution in [0, 0.1) is 0 Å². The predicted octanol–water partition coefficient (Wildman–Crippen LogP) is 2.21. The van der Waals surface area contributed by atoms with Crippen molar-refractivity contribution in [3.63, 3.8) is 0 Å². The first-order valence-corrected chi connectivity index (χ1v) is 6.55. The molecule has 1 aromatic heterocycles. The molecule has 0 amide bonds. The molecule has 0 saturated carbocycles. The van der Waals surface area contributed by atoms with Crippen molar-refractivity contribution in [2.75, 3.05) is 20.2 Å². The quantitative estimate of drug-likeness (QED) is 0.915. The maximum absolute atomic E-state index is 5.36. The molecule has 0 unspecified atom stereocenters. The van der Waals surface area contributed by atoms with Crippen LogP contribution in [0.4, 0.5) is 0 Å². The van der Waals surface area contributed by atoms with E-state index in [0.29, 0.717) is 11.8 Å². The van der Waals surface area contributed by atoms with Gasteiger partial charge in [-0.15, -0.1) is 0 Å². The molecule has 5 heteroatoms. The van der Waals surface area contributed by atoms with E-state index in [1.165, 1.54) is 0 Å². The Hall–Kier alpha value is -1.88. The average Bonchev–Trinajstić information content (AvgIpc) is 2.98. The monoisotopic (exact) mass is 259 g/mol. The van der Waals surface area contributed by atoms with Crippen molar-refractivity contribution >= 4 is 0 Å². The standard InChI is InChI=1S/C14H17N3O2/c1-18-12-6-2-4-10(8-12)14-16-13(17-19-14)11-5-3-7-15-9-11/h2,4,6,8,11,15H,3,5,7,9H2,1H3/t11-/m1/s1. The first kappa shape index (κ1) is 12.2. The van der Waals surface area contributed by atoms with Gasteiger partial charge in [0.1, 0.15) is 5.75 Å².